The summed E-state index contributed by atoms with van der Waals surface area (Å²) in [5, 5.41) is 3.17. The molecule has 2 aromatic rings. The number of hydrogen-bond acceptors (Lipinski definition) is 4. The first kappa shape index (κ1) is 20.9. The molecule has 152 valence electrons. The Morgan fingerprint density at radius 2 is 1.93 bits per heavy atom. The summed E-state index contributed by atoms with van der Waals surface area (Å²) in [7, 11) is 0. The number of anilines is 2. The van der Waals surface area contributed by atoms with E-state index in [2.05, 4.69) is 5.32 Å². The molecule has 0 spiro atoms. The summed E-state index contributed by atoms with van der Waals surface area (Å²) >= 11 is 6.04. The van der Waals surface area contributed by atoms with Crippen molar-refractivity contribution in [2.45, 2.75) is 27.2 Å². The molecule has 7 heteroatoms. The quantitative estimate of drug-likeness (QED) is 0.755. The number of rotatable bonds is 5. The Balaban J connectivity index is 1.56. The van der Waals surface area contributed by atoms with Gasteiger partial charge in [0.05, 0.1) is 5.92 Å². The monoisotopic (exact) mass is 414 g/mol. The molecular weight excluding hydrogens is 392 g/mol. The van der Waals surface area contributed by atoms with Crippen molar-refractivity contribution in [2.24, 2.45) is 5.92 Å². The highest BCUT2D eigenvalue weighted by molar-refractivity contribution is 6.31. The Hall–Kier alpha value is -2.86. The second kappa shape index (κ2) is 8.66. The van der Waals surface area contributed by atoms with E-state index in [1.54, 1.807) is 23.1 Å². The normalized spacial score (nSPS) is 16.1. The lowest BCUT2D eigenvalue weighted by molar-refractivity contribution is -0.151. The molecule has 0 radical (unpaired) electrons. The second-order valence-electron chi connectivity index (χ2n) is 7.24. The minimum atomic E-state index is -0.593. The number of carbonyl (C=O) groups is 3. The molecule has 0 saturated carbocycles. The zero-order chi connectivity index (χ0) is 21.1. The molecule has 1 heterocycles. The van der Waals surface area contributed by atoms with Crippen LogP contribution >= 0.6 is 11.6 Å². The van der Waals surface area contributed by atoms with Gasteiger partial charge in [0.1, 0.15) is 0 Å². The summed E-state index contributed by atoms with van der Waals surface area (Å²) in [6, 6.07) is 10.9. The van der Waals surface area contributed by atoms with Gasteiger partial charge in [-0.15, -0.1) is 0 Å². The van der Waals surface area contributed by atoms with Crippen LogP contribution in [0, 0.1) is 26.7 Å². The van der Waals surface area contributed by atoms with Gasteiger partial charge in [-0.1, -0.05) is 29.8 Å². The Labute approximate surface area is 174 Å². The van der Waals surface area contributed by atoms with Crippen LogP contribution in [0.15, 0.2) is 36.4 Å². The highest BCUT2D eigenvalue weighted by Gasteiger charge is 2.37. The van der Waals surface area contributed by atoms with Crippen LogP contribution in [0.2, 0.25) is 5.02 Å². The van der Waals surface area contributed by atoms with E-state index in [1.165, 1.54) is 0 Å². The van der Waals surface area contributed by atoms with Crippen LogP contribution in [0.1, 0.15) is 23.1 Å². The van der Waals surface area contributed by atoms with E-state index in [-0.39, 0.29) is 18.9 Å². The van der Waals surface area contributed by atoms with E-state index in [4.69, 9.17) is 16.3 Å². The Bertz CT molecular complexity index is 973. The first-order valence-corrected chi connectivity index (χ1v) is 9.73. The molecule has 6 nitrogen and oxygen atoms in total. The highest BCUT2D eigenvalue weighted by Crippen LogP contribution is 2.29. The number of carbonyl (C=O) groups excluding carboxylic acids is 3. The molecule has 1 N–H and O–H groups in total. The number of ether oxygens (including phenoxy) is 1. The van der Waals surface area contributed by atoms with Crippen LogP contribution in [0.4, 0.5) is 11.4 Å². The van der Waals surface area contributed by atoms with E-state index in [9.17, 15) is 14.4 Å². The standard InChI is InChI=1S/C22H23ClN2O4/c1-13-5-4-6-19(15(13)3)25-11-16(9-21(25)27)22(28)29-12-20(26)24-17-8-7-14(2)18(23)10-17/h4-8,10,16H,9,11-12H2,1-3H3,(H,24,26)/t16-/m0/s1. The largest absolute Gasteiger partial charge is 0.455 e. The van der Waals surface area contributed by atoms with Gasteiger partial charge in [0.15, 0.2) is 6.61 Å². The number of esters is 1. The van der Waals surface area contributed by atoms with Crippen molar-refractivity contribution in [1.82, 2.24) is 0 Å². The number of halogens is 1. The third kappa shape index (κ3) is 4.77. The van der Waals surface area contributed by atoms with Gasteiger partial charge in [0, 0.05) is 29.4 Å². The molecule has 1 aliphatic heterocycles. The molecule has 3 rings (SSSR count). The Morgan fingerprint density at radius 1 is 1.17 bits per heavy atom. The molecule has 0 aromatic heterocycles. The number of hydrogen-bond donors (Lipinski definition) is 1. The second-order valence-corrected chi connectivity index (χ2v) is 7.65. The zero-order valence-electron chi connectivity index (χ0n) is 16.6. The van der Waals surface area contributed by atoms with Crippen LogP contribution in [0.3, 0.4) is 0 Å². The Morgan fingerprint density at radius 3 is 2.66 bits per heavy atom. The lowest BCUT2D eigenvalue weighted by Crippen LogP contribution is -2.28. The number of benzene rings is 2. The topological polar surface area (TPSA) is 75.7 Å². The van der Waals surface area contributed by atoms with Gasteiger partial charge >= 0.3 is 5.97 Å². The zero-order valence-corrected chi connectivity index (χ0v) is 17.4. The van der Waals surface area contributed by atoms with Gasteiger partial charge in [0.2, 0.25) is 5.91 Å². The summed E-state index contributed by atoms with van der Waals surface area (Å²) in [6.45, 7) is 5.62. The molecule has 2 aromatic carbocycles. The van der Waals surface area contributed by atoms with Crippen molar-refractivity contribution in [3.8, 4) is 0 Å². The smallest absolute Gasteiger partial charge is 0.311 e. The van der Waals surface area contributed by atoms with E-state index < -0.39 is 24.4 Å². The predicted molar refractivity (Wildman–Crippen MR) is 112 cm³/mol. The highest BCUT2D eigenvalue weighted by atomic mass is 35.5. The van der Waals surface area contributed by atoms with Crippen LogP contribution in [-0.4, -0.2) is 30.9 Å². The van der Waals surface area contributed by atoms with E-state index in [0.29, 0.717) is 10.7 Å². The maximum atomic E-state index is 12.4. The summed E-state index contributed by atoms with van der Waals surface area (Å²) < 4.78 is 5.14. The molecule has 0 bridgehead atoms. The van der Waals surface area contributed by atoms with Crippen LogP contribution < -0.4 is 10.2 Å². The average molecular weight is 415 g/mol. The number of aryl methyl sites for hydroxylation is 2. The van der Waals surface area contributed by atoms with E-state index in [1.807, 2.05) is 39.0 Å². The molecule has 1 fully saturated rings. The molecule has 29 heavy (non-hydrogen) atoms. The molecule has 1 aliphatic rings. The van der Waals surface area contributed by atoms with E-state index >= 15 is 0 Å². The first-order chi connectivity index (χ1) is 13.8. The van der Waals surface area contributed by atoms with E-state index in [0.717, 1.165) is 22.4 Å². The molecule has 2 amide bonds. The van der Waals surface area contributed by atoms with Gasteiger partial charge in [0.25, 0.3) is 5.91 Å². The summed E-state index contributed by atoms with van der Waals surface area (Å²) in [5.74, 6) is -1.74. The van der Waals surface area contributed by atoms with Crippen molar-refractivity contribution in [1.29, 1.82) is 0 Å². The number of amides is 2. The average Bonchev–Trinajstić information content (AvgIpc) is 3.06. The van der Waals surface area contributed by atoms with Gasteiger partial charge in [-0.05, 0) is 55.7 Å². The third-order valence-electron chi connectivity index (χ3n) is 5.13. The van der Waals surface area contributed by atoms with Gasteiger partial charge in [-0.3, -0.25) is 14.4 Å². The summed E-state index contributed by atoms with van der Waals surface area (Å²) in [5.41, 5.74) is 4.31. The SMILES string of the molecule is Cc1ccc(NC(=O)COC(=O)[C@H]2CC(=O)N(c3cccc(C)c3C)C2)cc1Cl. The molecule has 1 atom stereocenters. The van der Waals surface area contributed by atoms with Crippen LogP contribution in [0.25, 0.3) is 0 Å². The lowest BCUT2D eigenvalue weighted by Gasteiger charge is -2.20. The van der Waals surface area contributed by atoms with Crippen molar-refractivity contribution >= 4 is 40.8 Å². The molecule has 1 saturated heterocycles. The van der Waals surface area contributed by atoms with Crippen molar-refractivity contribution in [3.05, 3.63) is 58.1 Å². The van der Waals surface area contributed by atoms with Gasteiger partial charge in [-0.25, -0.2) is 0 Å². The molecule has 0 aliphatic carbocycles. The Kier molecular flexibility index (Phi) is 6.23. The number of nitrogens with zero attached hydrogens (tertiary/aromatic N) is 1. The first-order valence-electron chi connectivity index (χ1n) is 9.35. The van der Waals surface area contributed by atoms with Gasteiger partial charge in [-0.2, -0.15) is 0 Å². The van der Waals surface area contributed by atoms with Gasteiger partial charge < -0.3 is 15.0 Å². The fourth-order valence-electron chi connectivity index (χ4n) is 3.25. The van der Waals surface area contributed by atoms with Crippen molar-refractivity contribution in [2.75, 3.05) is 23.4 Å². The van der Waals surface area contributed by atoms with Crippen molar-refractivity contribution < 1.29 is 19.1 Å². The minimum Gasteiger partial charge on any atom is -0.455 e. The number of nitrogens with one attached hydrogen (secondary N) is 1. The fraction of sp³-hybridized carbons (Fsp3) is 0.318. The lowest BCUT2D eigenvalue weighted by atomic mass is 10.1. The fourth-order valence-corrected chi connectivity index (χ4v) is 3.43. The minimum absolute atomic E-state index is 0.0708. The third-order valence-corrected chi connectivity index (χ3v) is 5.53. The summed E-state index contributed by atoms with van der Waals surface area (Å²) in [6.07, 6.45) is 0.0708. The molecular formula is C22H23ClN2O4. The predicted octanol–water partition coefficient (Wildman–Crippen LogP) is 3.80. The molecule has 0 unspecified atom stereocenters. The maximum Gasteiger partial charge on any atom is 0.311 e. The summed E-state index contributed by atoms with van der Waals surface area (Å²) in [4.78, 5) is 38.5. The van der Waals surface area contributed by atoms with Crippen LogP contribution in [-0.2, 0) is 19.1 Å². The van der Waals surface area contributed by atoms with Crippen molar-refractivity contribution in [3.63, 3.8) is 0 Å². The van der Waals surface area contributed by atoms with Crippen LogP contribution in [0.5, 0.6) is 0 Å². The maximum absolute atomic E-state index is 12.4.